The first-order chi connectivity index (χ1) is 20.2. The maximum absolute atomic E-state index is 11.9. The van der Waals surface area contributed by atoms with E-state index in [0.717, 1.165) is 38.5 Å². The number of hydrogen-bond donors (Lipinski definition) is 0. The van der Waals surface area contributed by atoms with Crippen LogP contribution in [0.2, 0.25) is 0 Å². The zero-order valence-electron chi connectivity index (χ0n) is 27.2. The van der Waals surface area contributed by atoms with Crippen LogP contribution >= 0.6 is 0 Å². The van der Waals surface area contributed by atoms with Crippen molar-refractivity contribution in [1.82, 2.24) is 0 Å². The van der Waals surface area contributed by atoms with Crippen molar-refractivity contribution in [3.63, 3.8) is 0 Å². The van der Waals surface area contributed by atoms with Gasteiger partial charge in [0.05, 0.1) is 0 Å². The Balaban J connectivity index is 3.37. The van der Waals surface area contributed by atoms with Crippen molar-refractivity contribution in [2.24, 2.45) is 0 Å². The minimum absolute atomic E-state index is 0.197. The minimum atomic E-state index is -2.06. The smallest absolute Gasteiger partial charge is 0.0654 e. The van der Waals surface area contributed by atoms with Crippen LogP contribution in [0.4, 0.5) is 0 Å². The topological polar surface area (TPSA) is 52.6 Å². The summed E-state index contributed by atoms with van der Waals surface area (Å²) in [6, 6.07) is 0. The first-order valence-electron chi connectivity index (χ1n) is 17.6. The molecular formula is C36H66O4Pb. The van der Waals surface area contributed by atoms with Crippen molar-refractivity contribution in [3.8, 4) is 0 Å². The van der Waals surface area contributed by atoms with Crippen LogP contribution in [0.3, 0.4) is 0 Å². The molecule has 4 nitrogen and oxygen atoms in total. The molecule has 0 N–H and O–H groups in total. The molecule has 0 aliphatic carbocycles. The molecule has 2 radical (unpaired) electrons. The predicted octanol–water partition coefficient (Wildman–Crippen LogP) is 11.7. The van der Waals surface area contributed by atoms with Gasteiger partial charge in [-0.05, 0) is 0 Å². The van der Waals surface area contributed by atoms with Crippen molar-refractivity contribution >= 4 is 37.1 Å². The third-order valence-corrected chi connectivity index (χ3v) is 10.0. The summed E-state index contributed by atoms with van der Waals surface area (Å²) >= 11 is -2.06. The van der Waals surface area contributed by atoms with Crippen LogP contribution in [0.5, 0.6) is 0 Å². The predicted molar refractivity (Wildman–Crippen MR) is 177 cm³/mol. The number of unbranched alkanes of at least 4 members (excludes halogenated alkanes) is 22. The summed E-state index contributed by atoms with van der Waals surface area (Å²) in [6.07, 6.45) is 42.7. The van der Waals surface area contributed by atoms with E-state index in [1.165, 1.54) is 128 Å². The second kappa shape index (κ2) is 35.5. The van der Waals surface area contributed by atoms with E-state index in [2.05, 4.69) is 38.2 Å². The molecule has 0 saturated heterocycles. The molecule has 41 heavy (non-hydrogen) atoms. The molecule has 0 amide bonds. The fourth-order valence-electron chi connectivity index (χ4n) is 4.90. The van der Waals surface area contributed by atoms with Gasteiger partial charge in [0.1, 0.15) is 0 Å². The molecule has 0 unspecified atom stereocenters. The Kier molecular flexibility index (Phi) is 35.0. The minimum Gasteiger partial charge on any atom is -0.0654 e. The van der Waals surface area contributed by atoms with Gasteiger partial charge in [0.25, 0.3) is 0 Å². The number of hydrogen-bond acceptors (Lipinski definition) is 4. The fraction of sp³-hybridized carbons (Fsp3) is 0.833. The van der Waals surface area contributed by atoms with Gasteiger partial charge in [-0.25, -0.2) is 0 Å². The van der Waals surface area contributed by atoms with Gasteiger partial charge in [0.15, 0.2) is 0 Å². The number of rotatable bonds is 32. The normalized spacial score (nSPS) is 11.6. The molecule has 0 saturated carbocycles. The number of carbonyl (C=O) groups is 2. The molecular weight excluding hydrogens is 704 g/mol. The van der Waals surface area contributed by atoms with Crippen molar-refractivity contribution in [3.05, 3.63) is 24.3 Å². The van der Waals surface area contributed by atoms with Crippen LogP contribution in [0.15, 0.2) is 24.3 Å². The monoisotopic (exact) mass is 770 g/mol. The number of allylic oxidation sites excluding steroid dienone is 4. The average molecular weight is 770 g/mol. The Morgan fingerprint density at radius 2 is 0.683 bits per heavy atom. The third kappa shape index (κ3) is 35.4. The molecule has 0 fully saturated rings. The van der Waals surface area contributed by atoms with Crippen LogP contribution in [0.25, 0.3) is 0 Å². The van der Waals surface area contributed by atoms with E-state index in [-0.39, 0.29) is 11.9 Å². The second-order valence-corrected chi connectivity index (χ2v) is 13.9. The third-order valence-electron chi connectivity index (χ3n) is 7.60. The van der Waals surface area contributed by atoms with Crippen LogP contribution in [-0.4, -0.2) is 37.1 Å². The Bertz CT molecular complexity index is 565. The van der Waals surface area contributed by atoms with E-state index in [0.29, 0.717) is 12.8 Å². The molecule has 0 spiro atoms. The summed E-state index contributed by atoms with van der Waals surface area (Å²) in [7, 11) is 0. The van der Waals surface area contributed by atoms with Crippen molar-refractivity contribution in [2.75, 3.05) is 0 Å². The van der Waals surface area contributed by atoms with E-state index in [1.807, 2.05) is 0 Å². The summed E-state index contributed by atoms with van der Waals surface area (Å²) in [6.45, 7) is 4.54. The van der Waals surface area contributed by atoms with Gasteiger partial charge >= 0.3 is 179 Å². The van der Waals surface area contributed by atoms with Crippen molar-refractivity contribution in [1.29, 1.82) is 0 Å². The van der Waals surface area contributed by atoms with Gasteiger partial charge < -0.3 is 0 Å². The van der Waals surface area contributed by atoms with Crippen LogP contribution in [-0.2, 0) is 15.0 Å². The van der Waals surface area contributed by atoms with Gasteiger partial charge in [0, 0.05) is 0 Å². The van der Waals surface area contributed by atoms with E-state index < -0.39 is 25.1 Å². The molecule has 0 bridgehead atoms. The van der Waals surface area contributed by atoms with Gasteiger partial charge in [-0.3, -0.25) is 0 Å². The van der Waals surface area contributed by atoms with Gasteiger partial charge in [-0.1, -0.05) is 90.9 Å². The van der Waals surface area contributed by atoms with Gasteiger partial charge in [-0.15, -0.1) is 0 Å². The standard InChI is InChI=1S/2C18H34O2.Pb/c2*1-2-3-4-5-6-7-8-9-10-11-12-13-14-15-16-17-18(19)20;/h2*12-13H,2-11,14-17H2,1H3,(H,19,20);/q;;+2/p-2/b2*13-12-;. The molecule has 0 atom stereocenters. The zero-order valence-corrected chi connectivity index (χ0v) is 31.1. The first-order valence-corrected chi connectivity index (χ1v) is 20.8. The van der Waals surface area contributed by atoms with E-state index >= 15 is 0 Å². The Labute approximate surface area is 268 Å². The molecule has 0 aromatic heterocycles. The Hall–Kier alpha value is -0.658. The van der Waals surface area contributed by atoms with Crippen molar-refractivity contribution < 1.29 is 15.0 Å². The van der Waals surface area contributed by atoms with E-state index in [9.17, 15) is 9.59 Å². The maximum atomic E-state index is 11.9. The fourth-order valence-corrected chi connectivity index (χ4v) is 6.57. The summed E-state index contributed by atoms with van der Waals surface area (Å²) in [5.41, 5.74) is 0. The zero-order chi connectivity index (χ0) is 29.9. The van der Waals surface area contributed by atoms with Gasteiger partial charge in [-0.2, -0.15) is 0 Å². The SMILES string of the molecule is CCCCCCCCCCC/C=C\CCCCC(=O)[O][Pb][O]C(=O)CCCC/C=C\CCCCCCCCCCC. The Morgan fingerprint density at radius 3 is 1.00 bits per heavy atom. The second-order valence-electron chi connectivity index (χ2n) is 11.7. The van der Waals surface area contributed by atoms with E-state index in [4.69, 9.17) is 5.37 Å². The Morgan fingerprint density at radius 1 is 0.415 bits per heavy atom. The molecule has 0 aliphatic rings. The molecule has 238 valence electrons. The molecule has 0 aromatic rings. The quantitative estimate of drug-likeness (QED) is 0.0388. The first kappa shape index (κ1) is 40.3. The molecule has 0 rings (SSSR count). The molecule has 0 aliphatic heterocycles. The summed E-state index contributed by atoms with van der Waals surface area (Å²) in [5, 5.41) is 0. The summed E-state index contributed by atoms with van der Waals surface area (Å²) in [5.74, 6) is -0.395. The van der Waals surface area contributed by atoms with Crippen LogP contribution in [0.1, 0.15) is 194 Å². The number of carbonyl (C=O) groups excluding carboxylic acids is 2. The molecule has 0 heterocycles. The molecule has 5 heteroatoms. The van der Waals surface area contributed by atoms with E-state index in [1.54, 1.807) is 0 Å². The summed E-state index contributed by atoms with van der Waals surface area (Å²) < 4.78 is 10.5. The average Bonchev–Trinajstić information content (AvgIpc) is 2.97. The van der Waals surface area contributed by atoms with Crippen LogP contribution in [0, 0.1) is 0 Å². The summed E-state index contributed by atoms with van der Waals surface area (Å²) in [4.78, 5) is 23.8. The van der Waals surface area contributed by atoms with Gasteiger partial charge in [0.2, 0.25) is 0 Å². The van der Waals surface area contributed by atoms with Crippen molar-refractivity contribution in [2.45, 2.75) is 194 Å². The van der Waals surface area contributed by atoms with Crippen LogP contribution < -0.4 is 0 Å². The molecule has 0 aromatic carbocycles.